The van der Waals surface area contributed by atoms with Gasteiger partial charge in [-0.05, 0) is 30.3 Å². The van der Waals surface area contributed by atoms with Crippen molar-refractivity contribution in [3.05, 3.63) is 53.3 Å². The minimum absolute atomic E-state index is 0.286. The second-order valence-electron chi connectivity index (χ2n) is 5.49. The summed E-state index contributed by atoms with van der Waals surface area (Å²) in [6, 6.07) is 10.6. The third-order valence-electron chi connectivity index (χ3n) is 3.89. The molecule has 0 saturated carbocycles. The van der Waals surface area contributed by atoms with Gasteiger partial charge in [0.25, 0.3) is 5.91 Å². The number of piperazine rings is 1. The van der Waals surface area contributed by atoms with Gasteiger partial charge < -0.3 is 15.1 Å². The normalized spacial score (nSPS) is 14.4. The fourth-order valence-electron chi connectivity index (χ4n) is 2.59. The fourth-order valence-corrected chi connectivity index (χ4v) is 2.78. The topological polar surface area (TPSA) is 65.5 Å². The molecule has 0 atom stereocenters. The van der Waals surface area contributed by atoms with E-state index in [1.807, 2.05) is 6.07 Å². The Hall–Kier alpha value is -2.60. The number of anilines is 2. The number of pyridine rings is 1. The summed E-state index contributed by atoms with van der Waals surface area (Å²) in [4.78, 5) is 31.2. The van der Waals surface area contributed by atoms with Crippen LogP contribution in [0.4, 0.5) is 11.4 Å². The number of nitrogens with zero attached hydrogens (tertiary/aromatic N) is 3. The molecular weight excluding hydrogens is 328 g/mol. The maximum Gasteiger partial charge on any atom is 0.274 e. The summed E-state index contributed by atoms with van der Waals surface area (Å²) in [5.41, 5.74) is 1.89. The molecular formula is C17H17ClN4O2. The molecule has 0 bridgehead atoms. The van der Waals surface area contributed by atoms with Gasteiger partial charge in [0.1, 0.15) is 5.69 Å². The minimum Gasteiger partial charge on any atom is -0.368 e. The zero-order valence-electron chi connectivity index (χ0n) is 13.0. The standard InChI is InChI=1S/C17H17ClN4O2/c18-13-2-1-3-14(10-13)20-17(24)16-11-15(4-5-19-16)22-8-6-21(12-23)7-9-22/h1-5,10-12H,6-9H2,(H,20,24). The molecule has 2 heterocycles. The monoisotopic (exact) mass is 344 g/mol. The van der Waals surface area contributed by atoms with E-state index in [1.54, 1.807) is 41.4 Å². The summed E-state index contributed by atoms with van der Waals surface area (Å²) < 4.78 is 0. The largest absolute Gasteiger partial charge is 0.368 e. The van der Waals surface area contributed by atoms with Crippen molar-refractivity contribution in [1.29, 1.82) is 0 Å². The van der Waals surface area contributed by atoms with Gasteiger partial charge in [0.15, 0.2) is 0 Å². The number of amides is 2. The highest BCUT2D eigenvalue weighted by Gasteiger charge is 2.17. The molecule has 1 N–H and O–H groups in total. The first-order valence-electron chi connectivity index (χ1n) is 7.63. The highest BCUT2D eigenvalue weighted by Crippen LogP contribution is 2.19. The summed E-state index contributed by atoms with van der Waals surface area (Å²) in [7, 11) is 0. The van der Waals surface area contributed by atoms with E-state index in [2.05, 4.69) is 15.2 Å². The number of rotatable bonds is 4. The molecule has 1 saturated heterocycles. The third kappa shape index (κ3) is 3.83. The molecule has 1 fully saturated rings. The third-order valence-corrected chi connectivity index (χ3v) is 4.12. The Balaban J connectivity index is 1.70. The zero-order chi connectivity index (χ0) is 16.9. The fraction of sp³-hybridized carbons (Fsp3) is 0.235. The van der Waals surface area contributed by atoms with E-state index in [1.165, 1.54) is 0 Å². The highest BCUT2D eigenvalue weighted by atomic mass is 35.5. The summed E-state index contributed by atoms with van der Waals surface area (Å²) in [6.07, 6.45) is 2.49. The summed E-state index contributed by atoms with van der Waals surface area (Å²) >= 11 is 5.92. The Kier molecular flexibility index (Phi) is 4.96. The molecule has 0 unspecified atom stereocenters. The second-order valence-corrected chi connectivity index (χ2v) is 5.93. The molecule has 24 heavy (non-hydrogen) atoms. The first kappa shape index (κ1) is 16.3. The van der Waals surface area contributed by atoms with Crippen molar-refractivity contribution in [3.63, 3.8) is 0 Å². The van der Waals surface area contributed by atoms with Gasteiger partial charge in [-0.15, -0.1) is 0 Å². The Morgan fingerprint density at radius 3 is 2.67 bits per heavy atom. The highest BCUT2D eigenvalue weighted by molar-refractivity contribution is 6.30. The smallest absolute Gasteiger partial charge is 0.274 e. The van der Waals surface area contributed by atoms with E-state index < -0.39 is 0 Å². The quantitative estimate of drug-likeness (QED) is 0.864. The van der Waals surface area contributed by atoms with Gasteiger partial charge in [0, 0.05) is 48.8 Å². The first-order chi connectivity index (χ1) is 11.7. The van der Waals surface area contributed by atoms with Crippen LogP contribution in [0.3, 0.4) is 0 Å². The molecule has 6 nitrogen and oxygen atoms in total. The summed E-state index contributed by atoms with van der Waals surface area (Å²) in [5, 5.41) is 3.34. The van der Waals surface area contributed by atoms with Gasteiger partial charge in [-0.1, -0.05) is 17.7 Å². The lowest BCUT2D eigenvalue weighted by Gasteiger charge is -2.34. The average molecular weight is 345 g/mol. The van der Waals surface area contributed by atoms with Crippen molar-refractivity contribution in [3.8, 4) is 0 Å². The van der Waals surface area contributed by atoms with Crippen LogP contribution in [0.5, 0.6) is 0 Å². The van der Waals surface area contributed by atoms with Gasteiger partial charge in [0.2, 0.25) is 6.41 Å². The number of hydrogen-bond acceptors (Lipinski definition) is 4. The maximum atomic E-state index is 12.4. The number of aromatic nitrogens is 1. The van der Waals surface area contributed by atoms with Crippen molar-refractivity contribution < 1.29 is 9.59 Å². The van der Waals surface area contributed by atoms with Crippen molar-refractivity contribution in [2.24, 2.45) is 0 Å². The number of nitrogens with one attached hydrogen (secondary N) is 1. The molecule has 7 heteroatoms. The van der Waals surface area contributed by atoms with E-state index in [-0.39, 0.29) is 5.91 Å². The number of carbonyl (C=O) groups excluding carboxylic acids is 2. The van der Waals surface area contributed by atoms with Crippen LogP contribution in [0.15, 0.2) is 42.6 Å². The molecule has 1 aromatic carbocycles. The predicted molar refractivity (Wildman–Crippen MR) is 93.5 cm³/mol. The SMILES string of the molecule is O=CN1CCN(c2ccnc(C(=O)Nc3cccc(Cl)c3)c2)CC1. The van der Waals surface area contributed by atoms with Gasteiger partial charge in [0.05, 0.1) is 0 Å². The minimum atomic E-state index is -0.286. The molecule has 124 valence electrons. The number of hydrogen-bond donors (Lipinski definition) is 1. The molecule has 0 spiro atoms. The lowest BCUT2D eigenvalue weighted by Crippen LogP contribution is -2.45. The predicted octanol–water partition coefficient (Wildman–Crippen LogP) is 2.27. The van der Waals surface area contributed by atoms with Crippen molar-refractivity contribution in [1.82, 2.24) is 9.88 Å². The number of halogens is 1. The molecule has 1 aromatic heterocycles. The molecule has 0 radical (unpaired) electrons. The van der Waals surface area contributed by atoms with E-state index in [0.29, 0.717) is 29.5 Å². The van der Waals surface area contributed by atoms with Crippen molar-refractivity contribution in [2.45, 2.75) is 0 Å². The van der Waals surface area contributed by atoms with E-state index in [4.69, 9.17) is 11.6 Å². The molecule has 3 rings (SSSR count). The van der Waals surface area contributed by atoms with Gasteiger partial charge in [-0.3, -0.25) is 14.6 Å². The lowest BCUT2D eigenvalue weighted by atomic mass is 10.2. The second kappa shape index (κ2) is 7.31. The van der Waals surface area contributed by atoms with Crippen LogP contribution in [-0.4, -0.2) is 48.4 Å². The van der Waals surface area contributed by atoms with Crippen LogP contribution in [0.25, 0.3) is 0 Å². The van der Waals surface area contributed by atoms with Crippen LogP contribution in [-0.2, 0) is 4.79 Å². The number of carbonyl (C=O) groups is 2. The van der Waals surface area contributed by atoms with E-state index in [0.717, 1.165) is 25.2 Å². The van der Waals surface area contributed by atoms with Gasteiger partial charge >= 0.3 is 0 Å². The Morgan fingerprint density at radius 1 is 1.17 bits per heavy atom. The van der Waals surface area contributed by atoms with Gasteiger partial charge in [-0.2, -0.15) is 0 Å². The Labute approximate surface area is 145 Å². The lowest BCUT2D eigenvalue weighted by molar-refractivity contribution is -0.118. The van der Waals surface area contributed by atoms with E-state index >= 15 is 0 Å². The average Bonchev–Trinajstić information content (AvgIpc) is 2.62. The molecule has 0 aliphatic carbocycles. The van der Waals surface area contributed by atoms with Crippen LogP contribution >= 0.6 is 11.6 Å². The van der Waals surface area contributed by atoms with Gasteiger partial charge in [-0.25, -0.2) is 0 Å². The van der Waals surface area contributed by atoms with E-state index in [9.17, 15) is 9.59 Å². The molecule has 1 aliphatic heterocycles. The molecule has 2 aromatic rings. The maximum absolute atomic E-state index is 12.4. The van der Waals surface area contributed by atoms with Crippen LogP contribution in [0, 0.1) is 0 Å². The molecule has 2 amide bonds. The summed E-state index contributed by atoms with van der Waals surface area (Å²) in [6.45, 7) is 2.82. The van der Waals surface area contributed by atoms with Crippen LogP contribution in [0.2, 0.25) is 5.02 Å². The Bertz CT molecular complexity index is 745. The van der Waals surface area contributed by atoms with Crippen molar-refractivity contribution in [2.75, 3.05) is 36.4 Å². The van der Waals surface area contributed by atoms with Crippen molar-refractivity contribution >= 4 is 35.3 Å². The molecule has 1 aliphatic rings. The summed E-state index contributed by atoms with van der Waals surface area (Å²) in [5.74, 6) is -0.286. The zero-order valence-corrected chi connectivity index (χ0v) is 13.7. The number of benzene rings is 1. The van der Waals surface area contributed by atoms with Crippen LogP contribution < -0.4 is 10.2 Å². The Morgan fingerprint density at radius 2 is 1.96 bits per heavy atom. The van der Waals surface area contributed by atoms with Crippen LogP contribution in [0.1, 0.15) is 10.5 Å². The first-order valence-corrected chi connectivity index (χ1v) is 8.01.